The van der Waals surface area contributed by atoms with Gasteiger partial charge in [0.1, 0.15) is 13.2 Å². The molecule has 3 aromatic rings. The number of nitrogens with zero attached hydrogens (tertiary/aromatic N) is 4. The minimum Gasteiger partial charge on any atom is -0.486 e. The molecule has 0 saturated carbocycles. The average Bonchev–Trinajstić information content (AvgIpc) is 2.92. The van der Waals surface area contributed by atoms with Crippen LogP contribution in [0.1, 0.15) is 30.5 Å². The molecule has 0 fully saturated rings. The van der Waals surface area contributed by atoms with Crippen molar-refractivity contribution in [2.24, 2.45) is 0 Å². The Bertz CT molecular complexity index is 919. The van der Waals surface area contributed by atoms with Gasteiger partial charge in [-0.05, 0) is 49.4 Å². The Morgan fingerprint density at radius 3 is 2.79 bits per heavy atom. The van der Waals surface area contributed by atoms with E-state index in [1.54, 1.807) is 0 Å². The van der Waals surface area contributed by atoms with Crippen LogP contribution in [0.3, 0.4) is 0 Å². The van der Waals surface area contributed by atoms with E-state index in [2.05, 4.69) is 9.97 Å². The first kappa shape index (κ1) is 13.8. The number of rotatable bonds is 1. The molecule has 6 nitrogen and oxygen atoms in total. The topological polar surface area (TPSA) is 61.5 Å². The van der Waals surface area contributed by atoms with Crippen molar-refractivity contribution >= 4 is 5.78 Å². The summed E-state index contributed by atoms with van der Waals surface area (Å²) < 4.78 is 13.2. The molecular weight excluding hydrogens is 304 g/mol. The van der Waals surface area contributed by atoms with Crippen molar-refractivity contribution in [3.05, 3.63) is 35.7 Å². The van der Waals surface area contributed by atoms with E-state index < -0.39 is 0 Å². The minimum atomic E-state index is 0.574. The molecule has 1 aliphatic heterocycles. The lowest BCUT2D eigenvalue weighted by Gasteiger charge is -2.18. The summed E-state index contributed by atoms with van der Waals surface area (Å²) in [6.07, 6.45) is 7.78. The van der Waals surface area contributed by atoms with Crippen LogP contribution in [0, 0.1) is 0 Å². The number of hydrogen-bond acceptors (Lipinski definition) is 5. The Morgan fingerprint density at radius 2 is 1.83 bits per heavy atom. The van der Waals surface area contributed by atoms with Gasteiger partial charge in [-0.15, -0.1) is 5.10 Å². The summed E-state index contributed by atoms with van der Waals surface area (Å²) >= 11 is 0. The second kappa shape index (κ2) is 5.47. The SMILES string of the molecule is c1cc2c(cc1-c1nc3ncc4c(n3n1)CCCCC4)OCCO2. The third kappa shape index (κ3) is 2.21. The lowest BCUT2D eigenvalue weighted by Crippen LogP contribution is -2.15. The smallest absolute Gasteiger partial charge is 0.252 e. The van der Waals surface area contributed by atoms with Gasteiger partial charge in [0.05, 0.1) is 5.69 Å². The largest absolute Gasteiger partial charge is 0.486 e. The maximum absolute atomic E-state index is 5.66. The second-order valence-corrected chi connectivity index (χ2v) is 6.30. The molecule has 0 saturated heterocycles. The number of fused-ring (bicyclic) bond motifs is 4. The molecule has 0 bridgehead atoms. The summed E-state index contributed by atoms with van der Waals surface area (Å²) in [4.78, 5) is 9.12. The molecule has 0 radical (unpaired) electrons. The van der Waals surface area contributed by atoms with Crippen LogP contribution in [-0.2, 0) is 12.8 Å². The van der Waals surface area contributed by atoms with Crippen LogP contribution < -0.4 is 9.47 Å². The fraction of sp³-hybridized carbons (Fsp3) is 0.389. The molecule has 6 heteroatoms. The van der Waals surface area contributed by atoms with Crippen molar-refractivity contribution in [1.29, 1.82) is 0 Å². The van der Waals surface area contributed by atoms with Gasteiger partial charge in [0.2, 0.25) is 0 Å². The zero-order valence-corrected chi connectivity index (χ0v) is 13.4. The molecule has 2 aromatic heterocycles. The van der Waals surface area contributed by atoms with Gasteiger partial charge in [-0.1, -0.05) is 6.42 Å². The van der Waals surface area contributed by atoms with Crippen molar-refractivity contribution < 1.29 is 9.47 Å². The lowest BCUT2D eigenvalue weighted by atomic mass is 10.1. The standard InChI is InChI=1S/C18H18N4O2/c1-2-4-13-11-19-18-20-17(21-22(18)14(13)5-3-1)12-6-7-15-16(10-12)24-9-8-23-15/h6-7,10-11H,1-5,8-9H2. The molecular formula is C18H18N4O2. The molecule has 1 aromatic carbocycles. The summed E-state index contributed by atoms with van der Waals surface area (Å²) in [5.74, 6) is 2.88. The molecule has 24 heavy (non-hydrogen) atoms. The van der Waals surface area contributed by atoms with Gasteiger partial charge in [-0.25, -0.2) is 9.50 Å². The van der Waals surface area contributed by atoms with E-state index in [9.17, 15) is 0 Å². The first-order valence-corrected chi connectivity index (χ1v) is 8.52. The van der Waals surface area contributed by atoms with Crippen LogP contribution >= 0.6 is 0 Å². The van der Waals surface area contributed by atoms with Gasteiger partial charge in [0, 0.05) is 11.8 Å². The van der Waals surface area contributed by atoms with E-state index >= 15 is 0 Å². The Labute approximate surface area is 139 Å². The monoisotopic (exact) mass is 322 g/mol. The molecule has 0 unspecified atom stereocenters. The highest BCUT2D eigenvalue weighted by Crippen LogP contribution is 2.33. The summed E-state index contributed by atoms with van der Waals surface area (Å²) in [5, 5.41) is 4.73. The van der Waals surface area contributed by atoms with Crippen molar-refractivity contribution in [2.45, 2.75) is 32.1 Å². The van der Waals surface area contributed by atoms with Crippen molar-refractivity contribution in [2.75, 3.05) is 13.2 Å². The zero-order chi connectivity index (χ0) is 15.9. The van der Waals surface area contributed by atoms with Crippen LogP contribution in [0.4, 0.5) is 0 Å². The van der Waals surface area contributed by atoms with E-state index in [0.717, 1.165) is 29.9 Å². The maximum Gasteiger partial charge on any atom is 0.252 e. The molecule has 1 aliphatic carbocycles. The van der Waals surface area contributed by atoms with Crippen molar-refractivity contribution in [3.8, 4) is 22.9 Å². The van der Waals surface area contributed by atoms with Crippen LogP contribution in [0.15, 0.2) is 24.4 Å². The van der Waals surface area contributed by atoms with Gasteiger partial charge in [-0.2, -0.15) is 4.98 Å². The van der Waals surface area contributed by atoms with E-state index in [1.165, 1.54) is 30.5 Å². The fourth-order valence-corrected chi connectivity index (χ4v) is 3.48. The van der Waals surface area contributed by atoms with Crippen molar-refractivity contribution in [3.63, 3.8) is 0 Å². The Kier molecular flexibility index (Phi) is 3.14. The van der Waals surface area contributed by atoms with E-state index in [4.69, 9.17) is 14.6 Å². The number of benzene rings is 1. The molecule has 3 heterocycles. The maximum atomic E-state index is 5.66. The Morgan fingerprint density at radius 1 is 0.958 bits per heavy atom. The first-order chi connectivity index (χ1) is 11.9. The predicted molar refractivity (Wildman–Crippen MR) is 88.5 cm³/mol. The van der Waals surface area contributed by atoms with Gasteiger partial charge in [0.15, 0.2) is 17.3 Å². The third-order valence-electron chi connectivity index (χ3n) is 4.71. The summed E-state index contributed by atoms with van der Waals surface area (Å²) in [6.45, 7) is 1.17. The van der Waals surface area contributed by atoms with E-state index in [0.29, 0.717) is 24.8 Å². The zero-order valence-electron chi connectivity index (χ0n) is 13.4. The van der Waals surface area contributed by atoms with Crippen LogP contribution in [0.25, 0.3) is 17.2 Å². The molecule has 0 atom stereocenters. The Hall–Kier alpha value is -2.63. The number of ether oxygens (including phenoxy) is 2. The first-order valence-electron chi connectivity index (χ1n) is 8.52. The molecule has 0 spiro atoms. The van der Waals surface area contributed by atoms with E-state index in [-0.39, 0.29) is 0 Å². The Balaban J connectivity index is 1.61. The van der Waals surface area contributed by atoms with Crippen molar-refractivity contribution in [1.82, 2.24) is 19.6 Å². The van der Waals surface area contributed by atoms with Crippen LogP contribution in [0.5, 0.6) is 11.5 Å². The molecule has 5 rings (SSSR count). The second-order valence-electron chi connectivity index (χ2n) is 6.30. The number of hydrogen-bond donors (Lipinski definition) is 0. The summed E-state index contributed by atoms with van der Waals surface area (Å²) in [6, 6.07) is 5.84. The third-order valence-corrected chi connectivity index (χ3v) is 4.71. The van der Waals surface area contributed by atoms with Crippen LogP contribution in [0.2, 0.25) is 0 Å². The normalized spacial score (nSPS) is 16.7. The average molecular weight is 322 g/mol. The fourth-order valence-electron chi connectivity index (χ4n) is 3.48. The number of aryl methyl sites for hydroxylation is 2. The molecule has 0 N–H and O–H groups in total. The van der Waals surface area contributed by atoms with Gasteiger partial charge in [0.25, 0.3) is 5.78 Å². The molecule has 2 aliphatic rings. The highest BCUT2D eigenvalue weighted by Gasteiger charge is 2.18. The molecule has 0 amide bonds. The predicted octanol–water partition coefficient (Wildman–Crippen LogP) is 2.83. The minimum absolute atomic E-state index is 0.574. The van der Waals surface area contributed by atoms with Gasteiger partial charge in [-0.3, -0.25) is 0 Å². The lowest BCUT2D eigenvalue weighted by molar-refractivity contribution is 0.171. The number of aromatic nitrogens is 4. The quantitative estimate of drug-likeness (QED) is 0.645. The summed E-state index contributed by atoms with van der Waals surface area (Å²) in [7, 11) is 0. The van der Waals surface area contributed by atoms with Gasteiger partial charge < -0.3 is 9.47 Å². The summed E-state index contributed by atoms with van der Waals surface area (Å²) in [5.41, 5.74) is 3.49. The highest BCUT2D eigenvalue weighted by atomic mass is 16.6. The van der Waals surface area contributed by atoms with Gasteiger partial charge >= 0.3 is 0 Å². The van der Waals surface area contributed by atoms with Crippen LogP contribution in [-0.4, -0.2) is 32.8 Å². The van der Waals surface area contributed by atoms with E-state index in [1.807, 2.05) is 28.9 Å². The molecule has 122 valence electrons. The highest BCUT2D eigenvalue weighted by molar-refractivity contribution is 5.62.